The van der Waals surface area contributed by atoms with Gasteiger partial charge in [0, 0.05) is 28.7 Å². The molecule has 9 heteroatoms. The molecule has 0 unspecified atom stereocenters. The molecule has 4 N–H and O–H groups in total. The highest BCUT2D eigenvalue weighted by atomic mass is 35.5. The average molecular weight is 548 g/mol. The molecule has 1 saturated carbocycles. The van der Waals surface area contributed by atoms with Gasteiger partial charge < -0.3 is 21.1 Å². The maximum Gasteiger partial charge on any atom is 0.238 e. The number of anilines is 1. The average Bonchev–Trinajstić information content (AvgIpc) is 3.26. The number of benzene rings is 1. The number of alkyl halides is 1. The van der Waals surface area contributed by atoms with Gasteiger partial charge in [-0.25, -0.2) is 8.78 Å². The summed E-state index contributed by atoms with van der Waals surface area (Å²) in [6.07, 6.45) is 5.99. The van der Waals surface area contributed by atoms with Gasteiger partial charge in [0.2, 0.25) is 11.8 Å². The quantitative estimate of drug-likeness (QED) is 0.374. The number of rotatable bonds is 7. The molecule has 6 nitrogen and oxygen atoms in total. The van der Waals surface area contributed by atoms with Crippen molar-refractivity contribution in [2.75, 3.05) is 12.0 Å². The fraction of sp³-hybridized carbons (Fsp3) is 0.517. The van der Waals surface area contributed by atoms with Crippen molar-refractivity contribution in [3.8, 4) is 0 Å². The molecule has 1 spiro atoms. The zero-order chi connectivity index (χ0) is 28.0. The van der Waals surface area contributed by atoms with Crippen LogP contribution in [0.3, 0.4) is 0 Å². The molecule has 2 fully saturated rings. The minimum absolute atomic E-state index is 0.00433. The van der Waals surface area contributed by atoms with Crippen LogP contribution in [0.2, 0.25) is 0 Å². The molecule has 4 atom stereocenters. The zero-order valence-electron chi connectivity index (χ0n) is 22.2. The summed E-state index contributed by atoms with van der Waals surface area (Å²) < 4.78 is 27.1. The topological polar surface area (TPSA) is 90.5 Å². The molecular weight excluding hydrogens is 512 g/mol. The van der Waals surface area contributed by atoms with Gasteiger partial charge >= 0.3 is 0 Å². The molecule has 1 saturated heterocycles. The number of hydrogen-bond acceptors (Lipinski definition) is 4. The van der Waals surface area contributed by atoms with Crippen molar-refractivity contribution in [3.63, 3.8) is 0 Å². The second-order valence-electron chi connectivity index (χ2n) is 12.2. The molecule has 0 bridgehead atoms. The normalized spacial score (nSPS) is 32.8. The number of carbonyl (C=O) groups excluding carboxylic acids is 2. The van der Waals surface area contributed by atoms with Crippen molar-refractivity contribution in [1.82, 2.24) is 10.6 Å². The van der Waals surface area contributed by atoms with Gasteiger partial charge in [-0.2, -0.15) is 0 Å². The van der Waals surface area contributed by atoms with E-state index in [2.05, 4.69) is 43.3 Å². The van der Waals surface area contributed by atoms with E-state index in [1.165, 1.54) is 18.2 Å². The van der Waals surface area contributed by atoms with E-state index >= 15 is 0 Å². The number of fused-ring (bicyclic) bond motifs is 2. The van der Waals surface area contributed by atoms with Crippen LogP contribution in [0.25, 0.3) is 0 Å². The number of carbonyl (C=O) groups is 2. The Morgan fingerprint density at radius 2 is 2.03 bits per heavy atom. The van der Waals surface area contributed by atoms with E-state index in [4.69, 9.17) is 11.6 Å². The van der Waals surface area contributed by atoms with E-state index in [9.17, 15) is 23.5 Å². The number of nitrogens with one attached hydrogen (secondary N) is 3. The summed E-state index contributed by atoms with van der Waals surface area (Å²) in [6, 6.07) is 2.71. The van der Waals surface area contributed by atoms with Gasteiger partial charge in [-0.3, -0.25) is 9.59 Å². The summed E-state index contributed by atoms with van der Waals surface area (Å²) in [5, 5.41) is 19.5. The van der Waals surface area contributed by atoms with Gasteiger partial charge in [-0.1, -0.05) is 57.2 Å². The fourth-order valence-electron chi connectivity index (χ4n) is 6.29. The number of amides is 2. The SMILES string of the molecule is C=C(/C=C\C=C(\Cl)CF)[C@H]1[C@H](C(=O)NC2CC(C)(O)C2)N[C@H](CC(C)(C)C)[C@]12C(=O)Nc1cc(F)ccc12. The summed E-state index contributed by atoms with van der Waals surface area (Å²) in [6.45, 7) is 11.3. The van der Waals surface area contributed by atoms with Crippen LogP contribution in [0.4, 0.5) is 14.5 Å². The van der Waals surface area contributed by atoms with Crippen LogP contribution in [0.1, 0.15) is 52.5 Å². The lowest BCUT2D eigenvalue weighted by Gasteiger charge is -2.42. The molecule has 38 heavy (non-hydrogen) atoms. The van der Waals surface area contributed by atoms with Crippen LogP contribution in [0.15, 0.2) is 53.6 Å². The summed E-state index contributed by atoms with van der Waals surface area (Å²) >= 11 is 5.82. The molecule has 4 rings (SSSR count). The highest BCUT2D eigenvalue weighted by Crippen LogP contribution is 2.54. The highest BCUT2D eigenvalue weighted by Gasteiger charge is 2.65. The Morgan fingerprint density at radius 3 is 2.63 bits per heavy atom. The Labute approximate surface area is 227 Å². The first-order chi connectivity index (χ1) is 17.7. The predicted octanol–water partition coefficient (Wildman–Crippen LogP) is 4.64. The van der Waals surface area contributed by atoms with Crippen molar-refractivity contribution in [1.29, 1.82) is 0 Å². The van der Waals surface area contributed by atoms with E-state index < -0.39 is 41.5 Å². The molecule has 2 amide bonds. The van der Waals surface area contributed by atoms with Crippen molar-refractivity contribution in [3.05, 3.63) is 65.0 Å². The standard InChI is InChI=1S/C29H36ClF2N3O3/c1-16(7-6-8-17(30)15-31)23-24(25(36)33-19-12-28(5,38)13-19)35-22(14-27(2,3)4)29(23)20-10-9-18(32)11-21(20)34-26(29)37/h6-11,19,22-24,35,38H,1,12-15H2,2-5H3,(H,33,36)(H,34,37)/b7-6-,17-8+/t19?,22-,23+,24-,28?,29+/m1/s1. The molecule has 2 aliphatic heterocycles. The Balaban J connectivity index is 1.82. The summed E-state index contributed by atoms with van der Waals surface area (Å²) in [4.78, 5) is 27.7. The third-order valence-corrected chi connectivity index (χ3v) is 7.96. The zero-order valence-corrected chi connectivity index (χ0v) is 23.0. The minimum Gasteiger partial charge on any atom is -0.390 e. The number of halogens is 3. The second kappa shape index (κ2) is 10.2. The van der Waals surface area contributed by atoms with Crippen molar-refractivity contribution < 1.29 is 23.5 Å². The molecule has 206 valence electrons. The van der Waals surface area contributed by atoms with Crippen molar-refractivity contribution in [2.24, 2.45) is 11.3 Å². The van der Waals surface area contributed by atoms with E-state index in [0.717, 1.165) is 0 Å². The Kier molecular flexibility index (Phi) is 7.64. The number of allylic oxidation sites excluding steroid dienone is 4. The van der Waals surface area contributed by atoms with Gasteiger partial charge in [-0.05, 0) is 60.9 Å². The van der Waals surface area contributed by atoms with Gasteiger partial charge in [0.25, 0.3) is 0 Å². The second-order valence-corrected chi connectivity index (χ2v) is 12.7. The molecule has 3 aliphatic rings. The molecule has 2 heterocycles. The van der Waals surface area contributed by atoms with Crippen LogP contribution in [-0.2, 0) is 15.0 Å². The number of hydrogen-bond donors (Lipinski definition) is 4. The van der Waals surface area contributed by atoms with Crippen molar-refractivity contribution >= 4 is 29.1 Å². The van der Waals surface area contributed by atoms with E-state index in [-0.39, 0.29) is 28.3 Å². The molecule has 1 aromatic rings. The van der Waals surface area contributed by atoms with E-state index in [1.54, 1.807) is 25.1 Å². The molecule has 0 aromatic heterocycles. The lowest BCUT2D eigenvalue weighted by atomic mass is 9.62. The lowest BCUT2D eigenvalue weighted by Crippen LogP contribution is -2.57. The summed E-state index contributed by atoms with van der Waals surface area (Å²) in [7, 11) is 0. The summed E-state index contributed by atoms with van der Waals surface area (Å²) in [5.41, 5.74) is -0.845. The monoisotopic (exact) mass is 547 g/mol. The maximum absolute atomic E-state index is 14.2. The van der Waals surface area contributed by atoms with Crippen LogP contribution < -0.4 is 16.0 Å². The molecule has 1 aliphatic carbocycles. The smallest absolute Gasteiger partial charge is 0.238 e. The minimum atomic E-state index is -1.25. The molecule has 1 aromatic carbocycles. The largest absolute Gasteiger partial charge is 0.390 e. The van der Waals surface area contributed by atoms with E-state index in [1.807, 2.05) is 0 Å². The molecule has 0 radical (unpaired) electrons. The Hall–Kier alpha value is -2.55. The maximum atomic E-state index is 14.2. The molecular formula is C29H36ClF2N3O3. The van der Waals surface area contributed by atoms with Gasteiger partial charge in [0.15, 0.2) is 0 Å². The van der Waals surface area contributed by atoms with Gasteiger partial charge in [0.1, 0.15) is 17.9 Å². The van der Waals surface area contributed by atoms with Gasteiger partial charge in [0.05, 0.1) is 11.6 Å². The van der Waals surface area contributed by atoms with Gasteiger partial charge in [-0.15, -0.1) is 0 Å². The fourth-order valence-corrected chi connectivity index (χ4v) is 6.37. The van der Waals surface area contributed by atoms with Crippen molar-refractivity contribution in [2.45, 2.75) is 76.1 Å². The van der Waals surface area contributed by atoms with Crippen LogP contribution in [0, 0.1) is 17.2 Å². The number of aliphatic hydroxyl groups is 1. The Morgan fingerprint density at radius 1 is 1.34 bits per heavy atom. The van der Waals surface area contributed by atoms with Crippen LogP contribution >= 0.6 is 11.6 Å². The first-order valence-corrected chi connectivity index (χ1v) is 13.2. The highest BCUT2D eigenvalue weighted by molar-refractivity contribution is 6.29. The first-order valence-electron chi connectivity index (χ1n) is 12.9. The third kappa shape index (κ3) is 5.31. The van der Waals surface area contributed by atoms with Crippen LogP contribution in [0.5, 0.6) is 0 Å². The van der Waals surface area contributed by atoms with E-state index in [0.29, 0.717) is 36.1 Å². The lowest BCUT2D eigenvalue weighted by molar-refractivity contribution is -0.127. The predicted molar refractivity (Wildman–Crippen MR) is 145 cm³/mol. The summed E-state index contributed by atoms with van der Waals surface area (Å²) in [5.74, 6) is -1.86. The Bertz CT molecular complexity index is 1200. The van der Waals surface area contributed by atoms with Crippen LogP contribution in [-0.4, -0.2) is 47.3 Å². The third-order valence-electron chi connectivity index (χ3n) is 7.74. The first kappa shape index (κ1) is 28.5.